The van der Waals surface area contributed by atoms with Crippen LogP contribution in [0.4, 0.5) is 0 Å². The summed E-state index contributed by atoms with van der Waals surface area (Å²) < 4.78 is 4.99. The zero-order valence-corrected chi connectivity index (χ0v) is 12.6. The van der Waals surface area contributed by atoms with Gasteiger partial charge in [0.2, 0.25) is 11.7 Å². The van der Waals surface area contributed by atoms with Crippen LogP contribution in [0.15, 0.2) is 47.1 Å². The van der Waals surface area contributed by atoms with Crippen LogP contribution in [0, 0.1) is 6.92 Å². The van der Waals surface area contributed by atoms with Gasteiger partial charge >= 0.3 is 0 Å². The minimum atomic E-state index is 0.0333. The molecule has 0 aliphatic carbocycles. The van der Waals surface area contributed by atoms with Crippen molar-refractivity contribution in [2.75, 3.05) is 0 Å². The molecule has 6 heteroatoms. The van der Waals surface area contributed by atoms with Crippen LogP contribution >= 0.6 is 0 Å². The van der Waals surface area contributed by atoms with Gasteiger partial charge in [-0.05, 0) is 17.7 Å². The van der Waals surface area contributed by atoms with Crippen molar-refractivity contribution < 1.29 is 9.32 Å². The van der Waals surface area contributed by atoms with Crippen LogP contribution in [-0.4, -0.2) is 25.9 Å². The molecule has 1 aliphatic rings. The van der Waals surface area contributed by atoms with E-state index in [2.05, 4.69) is 15.1 Å². The first kappa shape index (κ1) is 13.6. The number of pyridine rings is 1. The number of aryl methyl sites for hydroxylation is 1. The molecular formula is C17H14N4O2. The van der Waals surface area contributed by atoms with E-state index in [1.807, 2.05) is 30.3 Å². The Hall–Kier alpha value is -3.02. The molecule has 0 N–H and O–H groups in total. The molecule has 3 heterocycles. The van der Waals surface area contributed by atoms with Gasteiger partial charge in [-0.25, -0.2) is 0 Å². The summed E-state index contributed by atoms with van der Waals surface area (Å²) in [6, 6.07) is 11.4. The minimum absolute atomic E-state index is 0.0333. The predicted octanol–water partition coefficient (Wildman–Crippen LogP) is 2.60. The van der Waals surface area contributed by atoms with Gasteiger partial charge in [-0.3, -0.25) is 9.78 Å². The number of carbonyl (C=O) groups excluding carboxylic acids is 1. The zero-order chi connectivity index (χ0) is 15.8. The zero-order valence-electron chi connectivity index (χ0n) is 12.6. The highest BCUT2D eigenvalue weighted by atomic mass is 16.5. The number of benzene rings is 1. The van der Waals surface area contributed by atoms with Crippen molar-refractivity contribution in [3.05, 3.63) is 65.3 Å². The van der Waals surface area contributed by atoms with E-state index in [0.717, 1.165) is 16.8 Å². The number of hydrogen-bond acceptors (Lipinski definition) is 5. The summed E-state index contributed by atoms with van der Waals surface area (Å²) in [5, 5.41) is 3.90. The smallest absolute Gasteiger partial charge is 0.256 e. The highest BCUT2D eigenvalue weighted by Gasteiger charge is 2.27. The van der Waals surface area contributed by atoms with Crippen molar-refractivity contribution in [2.45, 2.75) is 20.0 Å². The van der Waals surface area contributed by atoms with Crippen molar-refractivity contribution in [1.29, 1.82) is 0 Å². The van der Waals surface area contributed by atoms with Gasteiger partial charge in [-0.1, -0.05) is 29.4 Å². The molecule has 3 aromatic rings. The third-order valence-corrected chi connectivity index (χ3v) is 3.86. The van der Waals surface area contributed by atoms with Gasteiger partial charge in [0, 0.05) is 25.2 Å². The number of carbonyl (C=O) groups is 1. The Morgan fingerprint density at radius 3 is 2.74 bits per heavy atom. The summed E-state index contributed by atoms with van der Waals surface area (Å²) in [6.07, 6.45) is 1.72. The molecule has 6 nitrogen and oxygen atoms in total. The van der Waals surface area contributed by atoms with Crippen molar-refractivity contribution in [2.24, 2.45) is 0 Å². The number of rotatable bonds is 3. The van der Waals surface area contributed by atoms with E-state index >= 15 is 0 Å². The normalized spacial score (nSPS) is 13.4. The molecule has 0 atom stereocenters. The van der Waals surface area contributed by atoms with Crippen LogP contribution in [0.1, 0.15) is 27.5 Å². The molecule has 114 valence electrons. The summed E-state index contributed by atoms with van der Waals surface area (Å²) in [5.41, 5.74) is 3.49. The first-order chi connectivity index (χ1) is 11.2. The average Bonchev–Trinajstić information content (AvgIpc) is 3.13. The largest absolute Gasteiger partial charge is 0.339 e. The lowest BCUT2D eigenvalue weighted by molar-refractivity contribution is 0.0766. The Morgan fingerprint density at radius 1 is 1.22 bits per heavy atom. The predicted molar refractivity (Wildman–Crippen MR) is 82.3 cm³/mol. The summed E-state index contributed by atoms with van der Waals surface area (Å²) in [4.78, 5) is 22.6. The van der Waals surface area contributed by atoms with Crippen LogP contribution in [-0.2, 0) is 13.1 Å². The molecule has 0 saturated carbocycles. The third kappa shape index (κ3) is 2.48. The second-order valence-corrected chi connectivity index (χ2v) is 5.49. The van der Waals surface area contributed by atoms with Gasteiger partial charge in [-0.2, -0.15) is 4.98 Å². The molecule has 0 fully saturated rings. The topological polar surface area (TPSA) is 72.1 Å². The van der Waals surface area contributed by atoms with Crippen LogP contribution < -0.4 is 0 Å². The van der Waals surface area contributed by atoms with Crippen molar-refractivity contribution in [1.82, 2.24) is 20.0 Å². The molecule has 2 aromatic heterocycles. The van der Waals surface area contributed by atoms with Crippen molar-refractivity contribution in [3.8, 4) is 11.4 Å². The molecule has 1 amide bonds. The third-order valence-electron chi connectivity index (χ3n) is 3.86. The van der Waals surface area contributed by atoms with Gasteiger partial charge in [0.05, 0.1) is 17.8 Å². The van der Waals surface area contributed by atoms with E-state index in [4.69, 9.17) is 4.52 Å². The summed E-state index contributed by atoms with van der Waals surface area (Å²) >= 11 is 0. The van der Waals surface area contributed by atoms with E-state index in [0.29, 0.717) is 30.4 Å². The number of nitrogens with zero attached hydrogens (tertiary/aromatic N) is 4. The van der Waals surface area contributed by atoms with Crippen molar-refractivity contribution >= 4 is 5.91 Å². The quantitative estimate of drug-likeness (QED) is 0.743. The molecule has 4 rings (SSSR count). The Kier molecular flexibility index (Phi) is 3.15. The fraction of sp³-hybridized carbons (Fsp3) is 0.176. The van der Waals surface area contributed by atoms with E-state index in [1.54, 1.807) is 24.1 Å². The molecular weight excluding hydrogens is 292 g/mol. The SMILES string of the molecule is Cc1nc(-c2ccc(CN3Cc4ncccc4C3=O)cc2)no1. The molecule has 0 unspecified atom stereocenters. The van der Waals surface area contributed by atoms with Gasteiger partial charge in [0.25, 0.3) is 5.91 Å². The summed E-state index contributed by atoms with van der Waals surface area (Å²) in [6.45, 7) is 2.87. The summed E-state index contributed by atoms with van der Waals surface area (Å²) in [5.74, 6) is 1.14. The molecule has 1 aliphatic heterocycles. The molecule has 23 heavy (non-hydrogen) atoms. The fourth-order valence-electron chi connectivity index (χ4n) is 2.71. The van der Waals surface area contributed by atoms with Gasteiger partial charge in [0.15, 0.2) is 0 Å². The maximum atomic E-state index is 12.3. The van der Waals surface area contributed by atoms with E-state index in [1.165, 1.54) is 0 Å². The molecule has 0 radical (unpaired) electrons. The van der Waals surface area contributed by atoms with Crippen LogP contribution in [0.3, 0.4) is 0 Å². The maximum absolute atomic E-state index is 12.3. The second-order valence-electron chi connectivity index (χ2n) is 5.49. The van der Waals surface area contributed by atoms with E-state index < -0.39 is 0 Å². The van der Waals surface area contributed by atoms with Crippen LogP contribution in [0.5, 0.6) is 0 Å². The van der Waals surface area contributed by atoms with Crippen molar-refractivity contribution in [3.63, 3.8) is 0 Å². The first-order valence-corrected chi connectivity index (χ1v) is 7.33. The lowest BCUT2D eigenvalue weighted by atomic mass is 10.1. The minimum Gasteiger partial charge on any atom is -0.339 e. The number of amides is 1. The Labute approximate surface area is 132 Å². The molecule has 0 spiro atoms. The Bertz CT molecular complexity index is 870. The standard InChI is InChI=1S/C17H14N4O2/c1-11-19-16(20-23-11)13-6-4-12(5-7-13)9-21-10-15-14(17(21)22)3-2-8-18-15/h2-8H,9-10H2,1H3. The number of fused-ring (bicyclic) bond motifs is 1. The van der Waals surface area contributed by atoms with Gasteiger partial charge in [-0.15, -0.1) is 0 Å². The maximum Gasteiger partial charge on any atom is 0.256 e. The lowest BCUT2D eigenvalue weighted by Gasteiger charge is -2.15. The Morgan fingerprint density at radius 2 is 2.04 bits per heavy atom. The Balaban J connectivity index is 1.51. The summed E-state index contributed by atoms with van der Waals surface area (Å²) in [7, 11) is 0. The van der Waals surface area contributed by atoms with E-state index in [-0.39, 0.29) is 5.91 Å². The molecule has 1 aromatic carbocycles. The first-order valence-electron chi connectivity index (χ1n) is 7.33. The monoisotopic (exact) mass is 306 g/mol. The van der Waals surface area contributed by atoms with Crippen LogP contribution in [0.2, 0.25) is 0 Å². The lowest BCUT2D eigenvalue weighted by Crippen LogP contribution is -2.23. The molecule has 0 saturated heterocycles. The fourth-order valence-corrected chi connectivity index (χ4v) is 2.71. The van der Waals surface area contributed by atoms with Crippen LogP contribution in [0.25, 0.3) is 11.4 Å². The van der Waals surface area contributed by atoms with E-state index in [9.17, 15) is 4.79 Å². The van der Waals surface area contributed by atoms with Gasteiger partial charge < -0.3 is 9.42 Å². The van der Waals surface area contributed by atoms with Gasteiger partial charge in [0.1, 0.15) is 0 Å². The number of hydrogen-bond donors (Lipinski definition) is 0. The second kappa shape index (κ2) is 5.31. The highest BCUT2D eigenvalue weighted by Crippen LogP contribution is 2.23. The average molecular weight is 306 g/mol. The molecule has 0 bridgehead atoms. The number of aromatic nitrogens is 3. The highest BCUT2D eigenvalue weighted by molar-refractivity contribution is 5.97.